The van der Waals surface area contributed by atoms with Gasteiger partial charge in [-0.2, -0.15) is 0 Å². The Morgan fingerprint density at radius 3 is 2.69 bits per heavy atom. The molecule has 0 spiro atoms. The summed E-state index contributed by atoms with van der Waals surface area (Å²) in [5, 5.41) is 0.973. The standard InChI is InChI=1S/C23H24N4O2/c28-23-17(15-16-7-2-3-8-18(16)25-23)22-24-19-9-6-10-20(21(19)26-22)29-14-13-27-11-4-1-5-12-27/h2-3,6-10,15H,1,4-5,11-14H2,(H,24,26)(H,25,28). The van der Waals surface area contributed by atoms with Crippen molar-refractivity contribution in [1.29, 1.82) is 0 Å². The third-order valence-electron chi connectivity index (χ3n) is 5.60. The summed E-state index contributed by atoms with van der Waals surface area (Å²) in [4.78, 5) is 26.0. The van der Waals surface area contributed by atoms with Crippen LogP contribution in [0.2, 0.25) is 0 Å². The van der Waals surface area contributed by atoms with Gasteiger partial charge in [-0.1, -0.05) is 30.7 Å². The molecule has 0 atom stereocenters. The molecule has 0 saturated carbocycles. The second-order valence-electron chi connectivity index (χ2n) is 7.59. The fourth-order valence-electron chi connectivity index (χ4n) is 4.04. The summed E-state index contributed by atoms with van der Waals surface area (Å²) in [6, 6.07) is 15.5. The molecule has 1 saturated heterocycles. The van der Waals surface area contributed by atoms with Gasteiger partial charge in [-0.15, -0.1) is 0 Å². The van der Waals surface area contributed by atoms with Gasteiger partial charge in [0.1, 0.15) is 23.7 Å². The second-order valence-corrected chi connectivity index (χ2v) is 7.59. The molecule has 29 heavy (non-hydrogen) atoms. The van der Waals surface area contributed by atoms with Crippen molar-refractivity contribution in [3.8, 4) is 17.1 Å². The third-order valence-corrected chi connectivity index (χ3v) is 5.60. The number of piperidine rings is 1. The van der Waals surface area contributed by atoms with E-state index >= 15 is 0 Å². The van der Waals surface area contributed by atoms with Gasteiger partial charge in [-0.05, 0) is 55.6 Å². The van der Waals surface area contributed by atoms with Gasteiger partial charge in [0.15, 0.2) is 0 Å². The van der Waals surface area contributed by atoms with Gasteiger partial charge < -0.3 is 14.7 Å². The molecule has 0 aliphatic carbocycles. The van der Waals surface area contributed by atoms with E-state index in [1.54, 1.807) is 0 Å². The summed E-state index contributed by atoms with van der Waals surface area (Å²) in [5.41, 5.74) is 2.81. The van der Waals surface area contributed by atoms with Crippen LogP contribution in [0.5, 0.6) is 5.75 Å². The molecule has 1 aliphatic heterocycles. The number of benzene rings is 2. The van der Waals surface area contributed by atoms with Gasteiger partial charge in [0.2, 0.25) is 0 Å². The lowest BCUT2D eigenvalue weighted by Gasteiger charge is -2.26. The highest BCUT2D eigenvalue weighted by Crippen LogP contribution is 2.27. The molecule has 3 heterocycles. The number of aromatic nitrogens is 3. The number of aromatic amines is 2. The molecule has 0 unspecified atom stereocenters. The third kappa shape index (κ3) is 3.63. The van der Waals surface area contributed by atoms with Crippen LogP contribution in [0.15, 0.2) is 53.3 Å². The predicted octanol–water partition coefficient (Wildman–Crippen LogP) is 3.94. The molecular formula is C23H24N4O2. The average molecular weight is 388 g/mol. The number of H-pyrrole nitrogens is 2. The Morgan fingerprint density at radius 2 is 1.79 bits per heavy atom. The van der Waals surface area contributed by atoms with Crippen molar-refractivity contribution in [1.82, 2.24) is 19.9 Å². The van der Waals surface area contributed by atoms with E-state index < -0.39 is 0 Å². The topological polar surface area (TPSA) is 74.0 Å². The Kier molecular flexibility index (Phi) is 4.77. The maximum absolute atomic E-state index is 12.6. The van der Waals surface area contributed by atoms with Gasteiger partial charge in [-0.3, -0.25) is 9.69 Å². The number of pyridine rings is 1. The van der Waals surface area contributed by atoms with Crippen LogP contribution in [0.25, 0.3) is 33.3 Å². The van der Waals surface area contributed by atoms with Crippen LogP contribution in [0.1, 0.15) is 19.3 Å². The molecule has 6 heteroatoms. The SMILES string of the molecule is O=c1[nH]c2ccccc2cc1-c1nc2c(OCCN3CCCCC3)cccc2[nH]1. The van der Waals surface area contributed by atoms with Crippen LogP contribution in [-0.4, -0.2) is 46.1 Å². The lowest BCUT2D eigenvalue weighted by atomic mass is 10.1. The van der Waals surface area contributed by atoms with E-state index in [9.17, 15) is 4.79 Å². The zero-order chi connectivity index (χ0) is 19.6. The number of imidazole rings is 1. The first-order valence-corrected chi connectivity index (χ1v) is 10.2. The largest absolute Gasteiger partial charge is 0.490 e. The molecule has 1 aliphatic rings. The van der Waals surface area contributed by atoms with Crippen LogP contribution < -0.4 is 10.3 Å². The van der Waals surface area contributed by atoms with E-state index in [4.69, 9.17) is 9.72 Å². The molecule has 5 rings (SSSR count). The van der Waals surface area contributed by atoms with Gasteiger partial charge >= 0.3 is 0 Å². The van der Waals surface area contributed by atoms with Crippen molar-refractivity contribution in [3.05, 3.63) is 58.9 Å². The Labute approximate surface area is 168 Å². The minimum atomic E-state index is -0.157. The first-order valence-electron chi connectivity index (χ1n) is 10.2. The quantitative estimate of drug-likeness (QED) is 0.543. The molecule has 0 radical (unpaired) electrons. The van der Waals surface area contributed by atoms with E-state index in [2.05, 4.69) is 14.9 Å². The molecule has 148 valence electrons. The number of para-hydroxylation sites is 2. The second kappa shape index (κ2) is 7.72. The van der Waals surface area contributed by atoms with Crippen molar-refractivity contribution in [2.45, 2.75) is 19.3 Å². The van der Waals surface area contributed by atoms with Gasteiger partial charge in [0.25, 0.3) is 5.56 Å². The monoisotopic (exact) mass is 388 g/mol. The average Bonchev–Trinajstić information content (AvgIpc) is 3.19. The zero-order valence-electron chi connectivity index (χ0n) is 16.3. The first kappa shape index (κ1) is 17.9. The number of hydrogen-bond donors (Lipinski definition) is 2. The normalized spacial score (nSPS) is 15.2. The van der Waals surface area contributed by atoms with E-state index in [-0.39, 0.29) is 5.56 Å². The fraction of sp³-hybridized carbons (Fsp3) is 0.304. The molecule has 1 fully saturated rings. The number of ether oxygens (including phenoxy) is 1. The molecule has 2 aromatic carbocycles. The smallest absolute Gasteiger partial charge is 0.259 e. The van der Waals surface area contributed by atoms with Crippen molar-refractivity contribution >= 4 is 21.9 Å². The minimum absolute atomic E-state index is 0.157. The molecule has 2 aromatic heterocycles. The molecule has 4 aromatic rings. The summed E-state index contributed by atoms with van der Waals surface area (Å²) in [7, 11) is 0. The summed E-state index contributed by atoms with van der Waals surface area (Å²) in [6.45, 7) is 3.88. The molecule has 0 bridgehead atoms. The predicted molar refractivity (Wildman–Crippen MR) is 115 cm³/mol. The van der Waals surface area contributed by atoms with E-state index in [1.165, 1.54) is 19.3 Å². The van der Waals surface area contributed by atoms with Gasteiger partial charge in [0, 0.05) is 12.1 Å². The Morgan fingerprint density at radius 1 is 0.966 bits per heavy atom. The van der Waals surface area contributed by atoms with E-state index in [0.717, 1.165) is 47.3 Å². The molecule has 6 nitrogen and oxygen atoms in total. The van der Waals surface area contributed by atoms with E-state index in [0.29, 0.717) is 18.0 Å². The highest BCUT2D eigenvalue weighted by atomic mass is 16.5. The Bertz CT molecular complexity index is 1200. The molecular weight excluding hydrogens is 364 g/mol. The van der Waals surface area contributed by atoms with Crippen molar-refractivity contribution in [3.63, 3.8) is 0 Å². The first-order chi connectivity index (χ1) is 14.3. The Balaban J connectivity index is 1.42. The van der Waals surface area contributed by atoms with Crippen LogP contribution in [-0.2, 0) is 0 Å². The van der Waals surface area contributed by atoms with Crippen molar-refractivity contribution in [2.24, 2.45) is 0 Å². The number of hydrogen-bond acceptors (Lipinski definition) is 4. The number of nitrogens with zero attached hydrogens (tertiary/aromatic N) is 2. The number of fused-ring (bicyclic) bond motifs is 2. The summed E-state index contributed by atoms with van der Waals surface area (Å²) in [5.74, 6) is 1.30. The summed E-state index contributed by atoms with van der Waals surface area (Å²) >= 11 is 0. The number of likely N-dealkylation sites (tertiary alicyclic amines) is 1. The molecule has 2 N–H and O–H groups in total. The summed E-state index contributed by atoms with van der Waals surface area (Å²) < 4.78 is 6.06. The number of nitrogens with one attached hydrogen (secondary N) is 2. The van der Waals surface area contributed by atoms with Crippen molar-refractivity contribution in [2.75, 3.05) is 26.2 Å². The minimum Gasteiger partial charge on any atom is -0.490 e. The molecule has 0 amide bonds. The maximum atomic E-state index is 12.6. The lowest BCUT2D eigenvalue weighted by molar-refractivity contribution is 0.184. The van der Waals surface area contributed by atoms with Crippen LogP contribution in [0.4, 0.5) is 0 Å². The van der Waals surface area contributed by atoms with Crippen molar-refractivity contribution < 1.29 is 4.74 Å². The fourth-order valence-corrected chi connectivity index (χ4v) is 4.04. The van der Waals surface area contributed by atoms with Crippen LogP contribution in [0, 0.1) is 0 Å². The highest BCUT2D eigenvalue weighted by Gasteiger charge is 2.14. The van der Waals surface area contributed by atoms with Crippen LogP contribution in [0.3, 0.4) is 0 Å². The summed E-state index contributed by atoms with van der Waals surface area (Å²) in [6.07, 6.45) is 3.89. The lowest BCUT2D eigenvalue weighted by Crippen LogP contribution is -2.33. The van der Waals surface area contributed by atoms with Gasteiger partial charge in [-0.25, -0.2) is 4.98 Å². The Hall–Kier alpha value is -3.12. The zero-order valence-corrected chi connectivity index (χ0v) is 16.3. The van der Waals surface area contributed by atoms with Gasteiger partial charge in [0.05, 0.1) is 11.1 Å². The number of rotatable bonds is 5. The maximum Gasteiger partial charge on any atom is 0.259 e. The van der Waals surface area contributed by atoms with Crippen LogP contribution >= 0.6 is 0 Å². The highest BCUT2D eigenvalue weighted by molar-refractivity contribution is 5.87. The van der Waals surface area contributed by atoms with E-state index in [1.807, 2.05) is 48.5 Å².